The molecule has 0 fully saturated rings. The molecule has 1 unspecified atom stereocenters. The number of ether oxygens (including phenoxy) is 1. The van der Waals surface area contributed by atoms with Crippen LogP contribution in [0, 0.1) is 6.92 Å². The van der Waals surface area contributed by atoms with Crippen molar-refractivity contribution in [2.24, 2.45) is 4.99 Å². The molecule has 168 valence electrons. The highest BCUT2D eigenvalue weighted by Gasteiger charge is 2.09. The Kier molecular flexibility index (Phi) is 10.0. The summed E-state index contributed by atoms with van der Waals surface area (Å²) >= 11 is 0. The monoisotopic (exact) mass is 536 g/mol. The first-order valence-electron chi connectivity index (χ1n) is 10.6. The van der Waals surface area contributed by atoms with Gasteiger partial charge in [0.2, 0.25) is 0 Å². The van der Waals surface area contributed by atoms with Gasteiger partial charge in [0.15, 0.2) is 11.6 Å². The van der Waals surface area contributed by atoms with Gasteiger partial charge in [0.25, 0.3) is 0 Å². The molecule has 2 N–H and O–H groups in total. The Hall–Kier alpha value is -2.36. The van der Waals surface area contributed by atoms with Crippen molar-refractivity contribution < 1.29 is 4.74 Å². The summed E-state index contributed by atoms with van der Waals surface area (Å²) < 4.78 is 8.13. The van der Waals surface area contributed by atoms with Gasteiger partial charge in [-0.2, -0.15) is 0 Å². The van der Waals surface area contributed by atoms with E-state index in [0.29, 0.717) is 6.54 Å². The lowest BCUT2D eigenvalue weighted by Crippen LogP contribution is -2.37. The van der Waals surface area contributed by atoms with Gasteiger partial charge in [0, 0.05) is 38.3 Å². The Labute approximate surface area is 201 Å². The highest BCUT2D eigenvalue weighted by Crippen LogP contribution is 2.22. The summed E-state index contributed by atoms with van der Waals surface area (Å²) in [5.41, 5.74) is 3.20. The van der Waals surface area contributed by atoms with E-state index in [1.807, 2.05) is 28.8 Å². The first-order chi connectivity index (χ1) is 14.6. The van der Waals surface area contributed by atoms with E-state index >= 15 is 0 Å². The van der Waals surface area contributed by atoms with E-state index in [0.717, 1.165) is 54.6 Å². The van der Waals surface area contributed by atoms with Crippen LogP contribution in [0.4, 0.5) is 0 Å². The number of fused-ring (bicyclic) bond motifs is 1. The quantitative estimate of drug-likeness (QED) is 0.186. The summed E-state index contributed by atoms with van der Waals surface area (Å²) in [5, 5.41) is 15.2. The predicted molar refractivity (Wildman–Crippen MR) is 136 cm³/mol. The number of nitrogens with one attached hydrogen (secondary N) is 2. The summed E-state index contributed by atoms with van der Waals surface area (Å²) in [5.74, 6) is 2.68. The highest BCUT2D eigenvalue weighted by atomic mass is 127. The number of hydrogen-bond acceptors (Lipinski definition) is 4. The first-order valence-corrected chi connectivity index (χ1v) is 10.6. The maximum absolute atomic E-state index is 6.10. The molecule has 2 aromatic heterocycles. The van der Waals surface area contributed by atoms with Crippen LogP contribution in [0.25, 0.3) is 5.65 Å². The van der Waals surface area contributed by atoms with E-state index in [-0.39, 0.29) is 30.1 Å². The second-order valence-electron chi connectivity index (χ2n) is 7.45. The van der Waals surface area contributed by atoms with Crippen LogP contribution >= 0.6 is 24.0 Å². The number of aryl methyl sites for hydroxylation is 2. The molecule has 2 heterocycles. The van der Waals surface area contributed by atoms with E-state index in [1.165, 1.54) is 5.56 Å². The molecular formula is C23H33IN6O. The average molecular weight is 536 g/mol. The van der Waals surface area contributed by atoms with Gasteiger partial charge < -0.3 is 15.4 Å². The van der Waals surface area contributed by atoms with Crippen molar-refractivity contribution in [1.82, 2.24) is 25.2 Å². The van der Waals surface area contributed by atoms with Gasteiger partial charge in [-0.25, -0.2) is 0 Å². The van der Waals surface area contributed by atoms with Gasteiger partial charge in [-0.1, -0.05) is 25.1 Å². The third-order valence-corrected chi connectivity index (χ3v) is 5.05. The molecule has 3 aromatic rings. The van der Waals surface area contributed by atoms with Crippen LogP contribution in [0.3, 0.4) is 0 Å². The van der Waals surface area contributed by atoms with Crippen molar-refractivity contribution in [2.75, 3.05) is 13.6 Å². The zero-order chi connectivity index (χ0) is 21.3. The summed E-state index contributed by atoms with van der Waals surface area (Å²) in [4.78, 5) is 4.33. The van der Waals surface area contributed by atoms with Crippen LogP contribution in [0.1, 0.15) is 43.6 Å². The van der Waals surface area contributed by atoms with Gasteiger partial charge in [-0.15, -0.1) is 34.2 Å². The van der Waals surface area contributed by atoms with Crippen LogP contribution in [-0.2, 0) is 13.0 Å². The molecule has 0 amide bonds. The summed E-state index contributed by atoms with van der Waals surface area (Å²) in [6.45, 7) is 7.76. The molecule has 0 aliphatic heterocycles. The van der Waals surface area contributed by atoms with Crippen LogP contribution in [-0.4, -0.2) is 40.3 Å². The topological polar surface area (TPSA) is 75.8 Å². The molecule has 0 aliphatic rings. The van der Waals surface area contributed by atoms with Gasteiger partial charge in [0.1, 0.15) is 11.6 Å². The molecule has 0 saturated heterocycles. The number of aliphatic imine (C=N–C) groups is 1. The fraction of sp³-hybridized carbons (Fsp3) is 0.435. The van der Waals surface area contributed by atoms with Gasteiger partial charge >= 0.3 is 0 Å². The molecule has 7 nitrogen and oxygen atoms in total. The second kappa shape index (κ2) is 12.5. The zero-order valence-corrected chi connectivity index (χ0v) is 21.1. The van der Waals surface area contributed by atoms with Crippen molar-refractivity contribution >= 4 is 35.6 Å². The van der Waals surface area contributed by atoms with Crippen molar-refractivity contribution in [3.63, 3.8) is 0 Å². The Balaban J connectivity index is 0.00000341. The lowest BCUT2D eigenvalue weighted by atomic mass is 10.1. The number of rotatable bonds is 9. The van der Waals surface area contributed by atoms with E-state index in [4.69, 9.17) is 4.74 Å². The number of aromatic nitrogens is 3. The van der Waals surface area contributed by atoms with Crippen molar-refractivity contribution in [3.8, 4) is 5.75 Å². The minimum absolute atomic E-state index is 0. The van der Waals surface area contributed by atoms with Crippen LogP contribution < -0.4 is 15.4 Å². The fourth-order valence-electron chi connectivity index (χ4n) is 3.13. The normalized spacial score (nSPS) is 12.3. The van der Waals surface area contributed by atoms with Crippen molar-refractivity contribution in [3.05, 3.63) is 59.5 Å². The van der Waals surface area contributed by atoms with Crippen molar-refractivity contribution in [1.29, 1.82) is 0 Å². The van der Waals surface area contributed by atoms with Crippen LogP contribution in [0.5, 0.6) is 5.75 Å². The molecule has 0 aliphatic carbocycles. The molecule has 0 saturated carbocycles. The molecule has 8 heteroatoms. The average Bonchev–Trinajstić information content (AvgIpc) is 3.17. The number of benzene rings is 1. The third kappa shape index (κ3) is 7.09. The number of guanidine groups is 1. The van der Waals surface area contributed by atoms with Gasteiger partial charge in [0.05, 0.1) is 6.10 Å². The number of pyridine rings is 1. The largest absolute Gasteiger partial charge is 0.490 e. The minimum atomic E-state index is 0. The van der Waals surface area contributed by atoms with Gasteiger partial charge in [-0.3, -0.25) is 9.39 Å². The van der Waals surface area contributed by atoms with Gasteiger partial charge in [-0.05, 0) is 50.5 Å². The Bertz CT molecular complexity index is 987. The SMILES string of the molecule is CCC(C)Oc1cc(C)ccc1CNC(=NC)NCCCc1nnc2ccccn12.I. The van der Waals surface area contributed by atoms with Crippen LogP contribution in [0.15, 0.2) is 47.6 Å². The second-order valence-corrected chi connectivity index (χ2v) is 7.45. The Morgan fingerprint density at radius 1 is 1.19 bits per heavy atom. The summed E-state index contributed by atoms with van der Waals surface area (Å²) in [6, 6.07) is 12.3. The van der Waals surface area contributed by atoms with Crippen molar-refractivity contribution in [2.45, 2.75) is 52.7 Å². The maximum atomic E-state index is 6.10. The fourth-order valence-corrected chi connectivity index (χ4v) is 3.13. The van der Waals surface area contributed by atoms with Crippen LogP contribution in [0.2, 0.25) is 0 Å². The molecule has 31 heavy (non-hydrogen) atoms. The molecule has 1 aromatic carbocycles. The summed E-state index contributed by atoms with van der Waals surface area (Å²) in [7, 11) is 1.78. The smallest absolute Gasteiger partial charge is 0.191 e. The molecule has 3 rings (SSSR count). The third-order valence-electron chi connectivity index (χ3n) is 5.05. The molecule has 1 atom stereocenters. The standard InChI is InChI=1S/C23H32N6O.HI/c1-5-18(3)30-20-15-17(2)11-12-19(20)16-26-23(24-4)25-13-8-10-22-28-27-21-9-6-7-14-29(21)22;/h6-7,9,11-12,14-15,18H,5,8,10,13,16H2,1-4H3,(H2,24,25,26);1H. The highest BCUT2D eigenvalue weighted by molar-refractivity contribution is 14.0. The number of hydrogen-bond donors (Lipinski definition) is 2. The minimum Gasteiger partial charge on any atom is -0.490 e. The first kappa shape index (κ1) is 24.9. The van der Waals surface area contributed by atoms with E-state index in [2.05, 4.69) is 64.8 Å². The lowest BCUT2D eigenvalue weighted by Gasteiger charge is -2.18. The number of nitrogens with zero attached hydrogens (tertiary/aromatic N) is 4. The predicted octanol–water partition coefficient (Wildman–Crippen LogP) is 4.13. The van der Waals surface area contributed by atoms with E-state index in [9.17, 15) is 0 Å². The zero-order valence-electron chi connectivity index (χ0n) is 18.8. The summed E-state index contributed by atoms with van der Waals surface area (Å²) in [6.07, 6.45) is 4.95. The van der Waals surface area contributed by atoms with E-state index < -0.39 is 0 Å². The number of halogens is 1. The molecular weight excluding hydrogens is 503 g/mol. The maximum Gasteiger partial charge on any atom is 0.191 e. The molecule has 0 spiro atoms. The lowest BCUT2D eigenvalue weighted by molar-refractivity contribution is 0.215. The Morgan fingerprint density at radius 3 is 2.81 bits per heavy atom. The Morgan fingerprint density at radius 2 is 2.03 bits per heavy atom. The van der Waals surface area contributed by atoms with E-state index in [1.54, 1.807) is 7.05 Å². The molecule has 0 bridgehead atoms. The molecule has 0 radical (unpaired) electrons.